The molecule has 0 fully saturated rings. The number of aryl methyl sites for hydroxylation is 1. The fourth-order valence-electron chi connectivity index (χ4n) is 4.64. The van der Waals surface area contributed by atoms with Crippen molar-refractivity contribution < 1.29 is 4.79 Å². The molecule has 39 heavy (non-hydrogen) atoms. The molecule has 0 unspecified atom stereocenters. The highest BCUT2D eigenvalue weighted by molar-refractivity contribution is 7.15. The normalized spacial score (nSPS) is 11.3. The average molecular weight is 528 g/mol. The van der Waals surface area contributed by atoms with Crippen LogP contribution < -0.4 is 5.32 Å². The Morgan fingerprint density at radius 2 is 1.74 bits per heavy atom. The second-order valence-corrected chi connectivity index (χ2v) is 10.5. The second-order valence-electron chi connectivity index (χ2n) is 9.19. The quantitative estimate of drug-likeness (QED) is 0.227. The van der Waals surface area contributed by atoms with Crippen LogP contribution in [-0.2, 0) is 0 Å². The monoisotopic (exact) mass is 527 g/mol. The van der Waals surface area contributed by atoms with Crippen molar-refractivity contribution in [3.8, 4) is 33.1 Å². The maximum atomic E-state index is 12.6. The van der Waals surface area contributed by atoms with Gasteiger partial charge in [-0.15, -0.1) is 11.3 Å². The van der Waals surface area contributed by atoms with Gasteiger partial charge in [-0.1, -0.05) is 24.3 Å². The minimum absolute atomic E-state index is 0.182. The highest BCUT2D eigenvalue weighted by Crippen LogP contribution is 2.35. The first-order valence-electron chi connectivity index (χ1n) is 12.3. The van der Waals surface area contributed by atoms with Gasteiger partial charge < -0.3 is 10.3 Å². The number of thiophene rings is 1. The van der Waals surface area contributed by atoms with Crippen LogP contribution in [0, 0.1) is 6.92 Å². The number of hydrogen-bond donors (Lipinski definition) is 3. The number of anilines is 1. The molecule has 2 aromatic carbocycles. The molecule has 188 valence electrons. The van der Waals surface area contributed by atoms with E-state index in [1.54, 1.807) is 42.1 Å². The van der Waals surface area contributed by atoms with E-state index in [9.17, 15) is 4.79 Å². The highest BCUT2D eigenvalue weighted by atomic mass is 32.1. The van der Waals surface area contributed by atoms with Crippen molar-refractivity contribution in [1.29, 1.82) is 0 Å². The third kappa shape index (κ3) is 4.24. The van der Waals surface area contributed by atoms with E-state index in [1.807, 2.05) is 42.6 Å². The number of nitrogens with one attached hydrogen (secondary N) is 3. The topological polar surface area (TPSA) is 112 Å². The van der Waals surface area contributed by atoms with Crippen LogP contribution in [0.2, 0.25) is 0 Å². The molecule has 0 bridgehead atoms. The molecule has 0 aliphatic rings. The van der Waals surface area contributed by atoms with E-state index in [2.05, 4.69) is 55.6 Å². The van der Waals surface area contributed by atoms with Gasteiger partial charge in [0.2, 0.25) is 0 Å². The van der Waals surface area contributed by atoms with Crippen molar-refractivity contribution in [2.24, 2.45) is 0 Å². The smallest absolute Gasteiger partial charge is 0.255 e. The third-order valence-corrected chi connectivity index (χ3v) is 7.59. The number of amides is 1. The van der Waals surface area contributed by atoms with Crippen molar-refractivity contribution in [3.05, 3.63) is 102 Å². The number of imidazole rings is 1. The van der Waals surface area contributed by atoms with Gasteiger partial charge in [0, 0.05) is 44.2 Å². The van der Waals surface area contributed by atoms with Gasteiger partial charge in [-0.2, -0.15) is 5.10 Å². The Labute approximate surface area is 226 Å². The van der Waals surface area contributed by atoms with E-state index in [0.29, 0.717) is 17.1 Å². The predicted molar refractivity (Wildman–Crippen MR) is 155 cm³/mol. The molecule has 0 aliphatic heterocycles. The summed E-state index contributed by atoms with van der Waals surface area (Å²) in [6.07, 6.45) is 7.06. The number of fused-ring (bicyclic) bond motifs is 2. The third-order valence-electron chi connectivity index (χ3n) is 6.55. The molecule has 5 aromatic heterocycles. The maximum absolute atomic E-state index is 12.6. The van der Waals surface area contributed by atoms with Crippen LogP contribution in [0.5, 0.6) is 0 Å². The van der Waals surface area contributed by atoms with Gasteiger partial charge in [0.1, 0.15) is 11.2 Å². The Bertz CT molecular complexity index is 1990. The van der Waals surface area contributed by atoms with Crippen molar-refractivity contribution in [2.75, 3.05) is 5.32 Å². The largest absolute Gasteiger partial charge is 0.335 e. The Hall–Kier alpha value is -5.15. The number of aromatic amines is 2. The van der Waals surface area contributed by atoms with Crippen molar-refractivity contribution in [3.63, 3.8) is 0 Å². The molecule has 0 spiro atoms. The number of benzene rings is 2. The van der Waals surface area contributed by atoms with Gasteiger partial charge >= 0.3 is 0 Å². The standard InChI is InChI=1S/C30H21N7OS/c1-17-7-10-26(39-17)23-15-32-16-25-27(23)35-29(34-25)28-22-12-19(8-9-24(22)36-37-28)20-11-21(14-31-13-20)33-30(38)18-5-3-2-4-6-18/h2-16H,1H3,(H,33,38)(H,34,35)(H,36,37). The van der Waals surface area contributed by atoms with Gasteiger partial charge in [0.15, 0.2) is 5.82 Å². The van der Waals surface area contributed by atoms with Gasteiger partial charge in [-0.3, -0.25) is 19.9 Å². The summed E-state index contributed by atoms with van der Waals surface area (Å²) in [6.45, 7) is 2.09. The summed E-state index contributed by atoms with van der Waals surface area (Å²) in [4.78, 5) is 32.1. The zero-order valence-corrected chi connectivity index (χ0v) is 21.6. The van der Waals surface area contributed by atoms with E-state index >= 15 is 0 Å². The molecule has 0 radical (unpaired) electrons. The molecule has 3 N–H and O–H groups in total. The van der Waals surface area contributed by atoms with Crippen molar-refractivity contribution >= 4 is 44.9 Å². The van der Waals surface area contributed by atoms with E-state index in [0.717, 1.165) is 49.2 Å². The first kappa shape index (κ1) is 23.0. The molecule has 0 saturated heterocycles. The first-order valence-corrected chi connectivity index (χ1v) is 13.1. The van der Waals surface area contributed by atoms with E-state index in [-0.39, 0.29) is 5.91 Å². The zero-order valence-electron chi connectivity index (χ0n) is 20.8. The summed E-state index contributed by atoms with van der Waals surface area (Å²) in [5, 5.41) is 11.6. The van der Waals surface area contributed by atoms with Gasteiger partial charge in [-0.25, -0.2) is 4.98 Å². The number of H-pyrrole nitrogens is 2. The lowest BCUT2D eigenvalue weighted by Crippen LogP contribution is -2.11. The van der Waals surface area contributed by atoms with Gasteiger partial charge in [0.25, 0.3) is 5.91 Å². The summed E-state index contributed by atoms with van der Waals surface area (Å²) >= 11 is 1.72. The van der Waals surface area contributed by atoms with Crippen LogP contribution in [0.15, 0.2) is 91.5 Å². The first-order chi connectivity index (χ1) is 19.1. The van der Waals surface area contributed by atoms with E-state index < -0.39 is 0 Å². The zero-order chi connectivity index (χ0) is 26.3. The molecule has 8 nitrogen and oxygen atoms in total. The number of carbonyl (C=O) groups is 1. The summed E-state index contributed by atoms with van der Waals surface area (Å²) in [7, 11) is 0. The number of hydrogen-bond acceptors (Lipinski definition) is 6. The highest BCUT2D eigenvalue weighted by Gasteiger charge is 2.17. The van der Waals surface area contributed by atoms with Gasteiger partial charge in [-0.05, 0) is 55.0 Å². The van der Waals surface area contributed by atoms with Crippen molar-refractivity contribution in [2.45, 2.75) is 6.92 Å². The minimum atomic E-state index is -0.182. The molecule has 1 amide bonds. The molecule has 5 heterocycles. The number of carbonyl (C=O) groups excluding carboxylic acids is 1. The average Bonchev–Trinajstić information content (AvgIpc) is 3.71. The summed E-state index contributed by atoms with van der Waals surface area (Å²) in [6, 6.07) is 21.3. The molecular weight excluding hydrogens is 506 g/mol. The predicted octanol–water partition coefficient (Wildman–Crippen LogP) is 6.85. The Morgan fingerprint density at radius 1 is 0.872 bits per heavy atom. The lowest BCUT2D eigenvalue weighted by Gasteiger charge is -2.08. The Morgan fingerprint density at radius 3 is 2.59 bits per heavy atom. The number of pyridine rings is 2. The molecule has 7 rings (SSSR count). The molecule has 9 heteroatoms. The Kier molecular flexibility index (Phi) is 5.49. The summed E-state index contributed by atoms with van der Waals surface area (Å²) < 4.78 is 0. The van der Waals surface area contributed by atoms with E-state index in [4.69, 9.17) is 4.98 Å². The summed E-state index contributed by atoms with van der Waals surface area (Å²) in [5.41, 5.74) is 7.35. The minimum Gasteiger partial charge on any atom is -0.335 e. The fraction of sp³-hybridized carbons (Fsp3) is 0.0333. The fourth-order valence-corrected chi connectivity index (χ4v) is 5.52. The second kappa shape index (κ2) is 9.30. The molecule has 0 aliphatic carbocycles. The molecule has 0 saturated carbocycles. The number of rotatable bonds is 5. The van der Waals surface area contributed by atoms with Crippen molar-refractivity contribution in [1.82, 2.24) is 30.1 Å². The van der Waals surface area contributed by atoms with Crippen LogP contribution in [0.1, 0.15) is 15.2 Å². The number of nitrogens with zero attached hydrogens (tertiary/aromatic N) is 4. The molecule has 0 atom stereocenters. The maximum Gasteiger partial charge on any atom is 0.255 e. The van der Waals surface area contributed by atoms with Crippen LogP contribution in [0.25, 0.3) is 55.0 Å². The summed E-state index contributed by atoms with van der Waals surface area (Å²) in [5.74, 6) is 0.483. The number of aromatic nitrogens is 6. The molecular formula is C30H21N7OS. The van der Waals surface area contributed by atoms with Crippen LogP contribution in [0.4, 0.5) is 5.69 Å². The van der Waals surface area contributed by atoms with Gasteiger partial charge in [0.05, 0.1) is 29.1 Å². The lowest BCUT2D eigenvalue weighted by atomic mass is 10.0. The Balaban J connectivity index is 1.25. The van der Waals surface area contributed by atoms with Crippen LogP contribution >= 0.6 is 11.3 Å². The molecule has 7 aromatic rings. The van der Waals surface area contributed by atoms with Crippen LogP contribution in [0.3, 0.4) is 0 Å². The van der Waals surface area contributed by atoms with E-state index in [1.165, 1.54) is 4.88 Å². The van der Waals surface area contributed by atoms with Crippen LogP contribution in [-0.4, -0.2) is 36.0 Å². The lowest BCUT2D eigenvalue weighted by molar-refractivity contribution is 0.102. The SMILES string of the molecule is Cc1ccc(-c2cncc3[nH]c(-c4n[nH]c5ccc(-c6cncc(NC(=O)c7ccccc7)c6)cc45)nc23)s1.